The first-order chi connectivity index (χ1) is 9.29. The van der Waals surface area contributed by atoms with Gasteiger partial charge in [0.15, 0.2) is 5.78 Å². The second-order valence-corrected chi connectivity index (χ2v) is 4.05. The van der Waals surface area contributed by atoms with Crippen molar-refractivity contribution < 1.29 is 9.53 Å². The Morgan fingerprint density at radius 1 is 1.00 bits per heavy atom. The number of ketones is 1. The molecule has 2 aromatic rings. The van der Waals surface area contributed by atoms with Crippen LogP contribution in [-0.4, -0.2) is 12.4 Å². The lowest BCUT2D eigenvalue weighted by Crippen LogP contribution is -2.09. The summed E-state index contributed by atoms with van der Waals surface area (Å²) < 4.78 is 5.31. The van der Waals surface area contributed by atoms with Crippen LogP contribution in [0, 0.1) is 11.3 Å². The van der Waals surface area contributed by atoms with E-state index in [1.54, 1.807) is 6.07 Å². The summed E-state index contributed by atoms with van der Waals surface area (Å²) >= 11 is 0. The molecule has 0 saturated heterocycles. The highest BCUT2D eigenvalue weighted by atomic mass is 16.5. The summed E-state index contributed by atoms with van der Waals surface area (Å²) in [6.07, 6.45) is -0.109. The van der Waals surface area contributed by atoms with Crippen LogP contribution in [0.15, 0.2) is 54.6 Å². The fourth-order valence-electron chi connectivity index (χ4n) is 1.68. The van der Waals surface area contributed by atoms with Gasteiger partial charge in [0, 0.05) is 0 Å². The number of hydrogen-bond acceptors (Lipinski definition) is 3. The smallest absolute Gasteiger partial charge is 0.184 e. The van der Waals surface area contributed by atoms with Gasteiger partial charge in [-0.3, -0.25) is 4.79 Å². The molecule has 0 amide bonds. The Morgan fingerprint density at radius 2 is 1.63 bits per heavy atom. The first-order valence-electron chi connectivity index (χ1n) is 5.96. The number of carbonyl (C=O) groups is 1. The molecule has 0 N–H and O–H groups in total. The molecular formula is C16H13NO2. The zero-order valence-corrected chi connectivity index (χ0v) is 10.4. The standard InChI is InChI=1S/C16H13NO2/c17-11-10-15(18)12-19-16-8-6-14(7-9-16)13-4-2-1-3-5-13/h1-9H,10,12H2. The van der Waals surface area contributed by atoms with Crippen LogP contribution in [0.4, 0.5) is 0 Å². The largest absolute Gasteiger partial charge is 0.486 e. The normalized spacial score (nSPS) is 9.63. The zero-order chi connectivity index (χ0) is 13.5. The molecule has 94 valence electrons. The van der Waals surface area contributed by atoms with Crippen LogP contribution >= 0.6 is 0 Å². The molecule has 0 aromatic heterocycles. The van der Waals surface area contributed by atoms with Gasteiger partial charge in [0.25, 0.3) is 0 Å². The number of ether oxygens (including phenoxy) is 1. The van der Waals surface area contributed by atoms with E-state index in [0.717, 1.165) is 11.1 Å². The molecule has 0 saturated carbocycles. The Labute approximate surface area is 112 Å². The Hall–Kier alpha value is -2.60. The first-order valence-corrected chi connectivity index (χ1v) is 5.96. The van der Waals surface area contributed by atoms with Crippen LogP contribution in [0.2, 0.25) is 0 Å². The molecular weight excluding hydrogens is 238 g/mol. The fourth-order valence-corrected chi connectivity index (χ4v) is 1.68. The number of benzene rings is 2. The molecule has 0 aliphatic heterocycles. The highest BCUT2D eigenvalue weighted by molar-refractivity contribution is 5.81. The molecule has 3 heteroatoms. The maximum absolute atomic E-state index is 11.2. The highest BCUT2D eigenvalue weighted by Crippen LogP contribution is 2.21. The van der Waals surface area contributed by atoms with E-state index in [1.807, 2.05) is 54.6 Å². The molecule has 0 aliphatic rings. The van der Waals surface area contributed by atoms with Crippen molar-refractivity contribution in [2.75, 3.05) is 6.61 Å². The van der Waals surface area contributed by atoms with Gasteiger partial charge in [-0.15, -0.1) is 0 Å². The van der Waals surface area contributed by atoms with Crippen molar-refractivity contribution in [3.63, 3.8) is 0 Å². The minimum absolute atomic E-state index is 0.0573. The van der Waals surface area contributed by atoms with Crippen molar-refractivity contribution in [3.8, 4) is 22.9 Å². The SMILES string of the molecule is N#CCC(=O)COc1ccc(-c2ccccc2)cc1. The number of carbonyl (C=O) groups excluding carboxylic acids is 1. The van der Waals surface area contributed by atoms with E-state index in [0.29, 0.717) is 5.75 Å². The van der Waals surface area contributed by atoms with Crippen molar-refractivity contribution >= 4 is 5.78 Å². The number of Topliss-reactive ketones (excluding diaryl/α,β-unsaturated/α-hetero) is 1. The monoisotopic (exact) mass is 251 g/mol. The van der Waals surface area contributed by atoms with Gasteiger partial charge in [0.05, 0.1) is 12.5 Å². The van der Waals surface area contributed by atoms with Crippen LogP contribution in [0.25, 0.3) is 11.1 Å². The summed E-state index contributed by atoms with van der Waals surface area (Å²) in [4.78, 5) is 11.2. The molecule has 0 heterocycles. The molecule has 0 radical (unpaired) electrons. The van der Waals surface area contributed by atoms with Gasteiger partial charge >= 0.3 is 0 Å². The number of hydrogen-bond donors (Lipinski definition) is 0. The average molecular weight is 251 g/mol. The molecule has 0 aliphatic carbocycles. The van der Waals surface area contributed by atoms with E-state index in [2.05, 4.69) is 0 Å². The third-order valence-electron chi connectivity index (χ3n) is 2.64. The van der Waals surface area contributed by atoms with E-state index < -0.39 is 0 Å². The number of nitrogens with zero attached hydrogens (tertiary/aromatic N) is 1. The average Bonchev–Trinajstić information content (AvgIpc) is 2.47. The first kappa shape index (κ1) is 12.8. The molecule has 19 heavy (non-hydrogen) atoms. The predicted molar refractivity (Wildman–Crippen MR) is 72.6 cm³/mol. The van der Waals surface area contributed by atoms with Gasteiger partial charge in [-0.1, -0.05) is 42.5 Å². The zero-order valence-electron chi connectivity index (χ0n) is 10.4. The third-order valence-corrected chi connectivity index (χ3v) is 2.64. The van der Waals surface area contributed by atoms with E-state index in [4.69, 9.17) is 10.00 Å². The van der Waals surface area contributed by atoms with Gasteiger partial charge in [-0.25, -0.2) is 0 Å². The fraction of sp³-hybridized carbons (Fsp3) is 0.125. The van der Waals surface area contributed by atoms with Crippen LogP contribution in [0.5, 0.6) is 5.75 Å². The minimum Gasteiger partial charge on any atom is -0.486 e. The molecule has 0 fully saturated rings. The van der Waals surface area contributed by atoms with Crippen molar-refractivity contribution in [2.45, 2.75) is 6.42 Å². The van der Waals surface area contributed by atoms with E-state index in [1.165, 1.54) is 0 Å². The molecule has 0 spiro atoms. The Bertz CT molecular complexity index is 582. The molecule has 2 aromatic carbocycles. The minimum atomic E-state index is -0.213. The second kappa shape index (κ2) is 6.36. The quantitative estimate of drug-likeness (QED) is 0.819. The maximum Gasteiger partial charge on any atom is 0.184 e. The van der Waals surface area contributed by atoms with E-state index in [9.17, 15) is 4.79 Å². The van der Waals surface area contributed by atoms with Crippen molar-refractivity contribution in [3.05, 3.63) is 54.6 Å². The summed E-state index contributed by atoms with van der Waals surface area (Å²) in [6.45, 7) is -0.0573. The number of nitriles is 1. The molecule has 3 nitrogen and oxygen atoms in total. The van der Waals surface area contributed by atoms with E-state index in [-0.39, 0.29) is 18.8 Å². The van der Waals surface area contributed by atoms with E-state index >= 15 is 0 Å². The highest BCUT2D eigenvalue weighted by Gasteiger charge is 2.02. The van der Waals surface area contributed by atoms with Gasteiger partial charge < -0.3 is 4.74 Å². The lowest BCUT2D eigenvalue weighted by Gasteiger charge is -2.06. The predicted octanol–water partition coefficient (Wildman–Crippen LogP) is 3.22. The topological polar surface area (TPSA) is 50.1 Å². The third kappa shape index (κ3) is 3.68. The van der Waals surface area contributed by atoms with Gasteiger partial charge in [-0.2, -0.15) is 5.26 Å². The lowest BCUT2D eigenvalue weighted by atomic mass is 10.1. The molecule has 2 rings (SSSR count). The van der Waals surface area contributed by atoms with Gasteiger partial charge in [-0.05, 0) is 23.3 Å². The summed E-state index contributed by atoms with van der Waals surface area (Å²) in [6, 6.07) is 19.4. The van der Waals surface area contributed by atoms with Crippen molar-refractivity contribution in [1.82, 2.24) is 0 Å². The Morgan fingerprint density at radius 3 is 2.26 bits per heavy atom. The summed E-state index contributed by atoms with van der Waals surface area (Å²) in [5, 5.41) is 8.37. The van der Waals surface area contributed by atoms with Crippen LogP contribution < -0.4 is 4.74 Å². The molecule has 0 unspecified atom stereocenters. The molecule has 0 atom stereocenters. The number of rotatable bonds is 5. The second-order valence-electron chi connectivity index (χ2n) is 4.05. The van der Waals surface area contributed by atoms with Gasteiger partial charge in [0.2, 0.25) is 0 Å². The van der Waals surface area contributed by atoms with Crippen molar-refractivity contribution in [1.29, 1.82) is 5.26 Å². The van der Waals surface area contributed by atoms with Gasteiger partial charge in [0.1, 0.15) is 12.4 Å². The Kier molecular flexibility index (Phi) is 4.30. The Balaban J connectivity index is 2.00. The maximum atomic E-state index is 11.2. The molecule has 0 bridgehead atoms. The summed E-state index contributed by atoms with van der Waals surface area (Å²) in [5.41, 5.74) is 2.23. The summed E-state index contributed by atoms with van der Waals surface area (Å²) in [5.74, 6) is 0.417. The lowest BCUT2D eigenvalue weighted by molar-refractivity contribution is -0.120. The van der Waals surface area contributed by atoms with Crippen molar-refractivity contribution in [2.24, 2.45) is 0 Å². The summed E-state index contributed by atoms with van der Waals surface area (Å²) in [7, 11) is 0. The van der Waals surface area contributed by atoms with Crippen LogP contribution in [0.1, 0.15) is 6.42 Å². The van der Waals surface area contributed by atoms with Crippen LogP contribution in [-0.2, 0) is 4.79 Å². The van der Waals surface area contributed by atoms with Crippen LogP contribution in [0.3, 0.4) is 0 Å².